The molecule has 2 nitrogen and oxygen atoms in total. The number of benzene rings is 7. The predicted octanol–water partition coefficient (Wildman–Crippen LogP) is 13.0. The second kappa shape index (κ2) is 13.7. The van der Waals surface area contributed by atoms with Gasteiger partial charge >= 0.3 is 0 Å². The van der Waals surface area contributed by atoms with E-state index in [9.17, 15) is 0 Å². The Morgan fingerprint density at radius 1 is 0.421 bits per heavy atom. The highest BCUT2D eigenvalue weighted by atomic mass is 15.2. The normalized spacial score (nSPS) is 13.1. The van der Waals surface area contributed by atoms with Crippen LogP contribution >= 0.6 is 0 Å². The van der Waals surface area contributed by atoms with Gasteiger partial charge in [-0.3, -0.25) is 0 Å². The Hall–Kier alpha value is -6.32. The van der Waals surface area contributed by atoms with Crippen LogP contribution in [-0.4, -0.2) is 6.71 Å². The van der Waals surface area contributed by atoms with Crippen molar-refractivity contribution in [2.24, 2.45) is 0 Å². The number of anilines is 6. The van der Waals surface area contributed by atoms with E-state index in [0.717, 1.165) is 22.5 Å². The van der Waals surface area contributed by atoms with Gasteiger partial charge in [0.15, 0.2) is 0 Å². The molecule has 9 rings (SSSR count). The molecule has 0 spiro atoms. The predicted molar refractivity (Wildman–Crippen MR) is 249 cm³/mol. The maximum absolute atomic E-state index is 4.03. The zero-order valence-electron chi connectivity index (χ0n) is 34.0. The molecule has 0 fully saturated rings. The fourth-order valence-corrected chi connectivity index (χ4v) is 8.69. The number of nitrogens with zero attached hydrogens (tertiary/aromatic N) is 2. The molecule has 7 aromatic rings. The lowest BCUT2D eigenvalue weighted by Crippen LogP contribution is -2.61. The van der Waals surface area contributed by atoms with Crippen LogP contribution in [0.3, 0.4) is 0 Å². The summed E-state index contributed by atoms with van der Waals surface area (Å²) in [6.45, 7) is 21.7. The third kappa shape index (κ3) is 6.32. The number of hydrogen-bond donors (Lipinski definition) is 0. The molecule has 2 aliphatic rings. The van der Waals surface area contributed by atoms with Crippen molar-refractivity contribution < 1.29 is 0 Å². The first-order valence-electron chi connectivity index (χ1n) is 20.1. The van der Waals surface area contributed by atoms with E-state index in [1.54, 1.807) is 0 Å². The Morgan fingerprint density at radius 2 is 0.842 bits per heavy atom. The second-order valence-electron chi connectivity index (χ2n) is 17.6. The molecule has 0 radical (unpaired) electrons. The smallest absolute Gasteiger partial charge is 0.252 e. The lowest BCUT2D eigenvalue weighted by molar-refractivity contribution is 0.590. The summed E-state index contributed by atoms with van der Waals surface area (Å²) in [7, 11) is 0. The van der Waals surface area contributed by atoms with Crippen LogP contribution < -0.4 is 26.2 Å². The average Bonchev–Trinajstić information content (AvgIpc) is 3.22. The molecule has 0 aliphatic carbocycles. The lowest BCUT2D eigenvalue weighted by Gasteiger charge is -2.44. The number of hydrogen-bond acceptors (Lipinski definition) is 2. The molecule has 0 N–H and O–H groups in total. The summed E-state index contributed by atoms with van der Waals surface area (Å²) in [5.41, 5.74) is 20.7. The largest absolute Gasteiger partial charge is 0.311 e. The van der Waals surface area contributed by atoms with Crippen LogP contribution in [0.25, 0.3) is 34.4 Å². The number of fused-ring (bicyclic) bond motifs is 4. The molecule has 0 unspecified atom stereocenters. The van der Waals surface area contributed by atoms with E-state index in [-0.39, 0.29) is 17.5 Å². The quantitative estimate of drug-likeness (QED) is 0.157. The Bertz CT molecular complexity index is 2650. The van der Waals surface area contributed by atoms with Gasteiger partial charge < -0.3 is 9.80 Å². The minimum absolute atomic E-state index is 0.0331. The first kappa shape index (κ1) is 36.3. The molecular weight excluding hydrogens is 687 g/mol. The number of rotatable bonds is 6. The van der Waals surface area contributed by atoms with Crippen molar-refractivity contribution in [3.63, 3.8) is 0 Å². The highest BCUT2D eigenvalue weighted by molar-refractivity contribution is 7.00. The summed E-state index contributed by atoms with van der Waals surface area (Å²) >= 11 is 0. The summed E-state index contributed by atoms with van der Waals surface area (Å²) < 4.78 is 0. The van der Waals surface area contributed by atoms with Gasteiger partial charge in [-0.2, -0.15) is 0 Å². The minimum Gasteiger partial charge on any atom is -0.311 e. The van der Waals surface area contributed by atoms with Gasteiger partial charge in [0, 0.05) is 34.1 Å². The van der Waals surface area contributed by atoms with Crippen LogP contribution in [0, 0.1) is 0 Å². The van der Waals surface area contributed by atoms with Crippen molar-refractivity contribution in [3.05, 3.63) is 187 Å². The fourth-order valence-electron chi connectivity index (χ4n) is 8.69. The van der Waals surface area contributed by atoms with Crippen molar-refractivity contribution in [2.45, 2.75) is 52.4 Å². The average molecular weight is 737 g/mol. The molecule has 2 aliphatic heterocycles. The summed E-state index contributed by atoms with van der Waals surface area (Å²) in [5.74, 6) is 0. The molecule has 57 heavy (non-hydrogen) atoms. The third-order valence-corrected chi connectivity index (χ3v) is 11.9. The summed E-state index contributed by atoms with van der Waals surface area (Å²) in [4.78, 5) is 5.02. The van der Waals surface area contributed by atoms with Crippen LogP contribution in [0.15, 0.2) is 165 Å². The van der Waals surface area contributed by atoms with Gasteiger partial charge in [-0.05, 0) is 120 Å². The van der Waals surface area contributed by atoms with Crippen molar-refractivity contribution >= 4 is 69.4 Å². The van der Waals surface area contributed by atoms with E-state index >= 15 is 0 Å². The summed E-state index contributed by atoms with van der Waals surface area (Å²) in [5, 5.41) is 0. The zero-order chi connectivity index (χ0) is 39.6. The molecule has 3 heteroatoms. The van der Waals surface area contributed by atoms with Gasteiger partial charge in [0.25, 0.3) is 6.71 Å². The summed E-state index contributed by atoms with van der Waals surface area (Å²) in [6.07, 6.45) is 3.81. The Balaban J connectivity index is 1.35. The lowest BCUT2D eigenvalue weighted by atomic mass is 9.33. The first-order chi connectivity index (χ1) is 27.4. The molecule has 0 aromatic heterocycles. The number of para-hydroxylation sites is 1. The van der Waals surface area contributed by atoms with E-state index in [1.165, 1.54) is 72.5 Å². The highest BCUT2D eigenvalue weighted by Gasteiger charge is 2.43. The van der Waals surface area contributed by atoms with Crippen LogP contribution in [0.1, 0.15) is 63.8 Å². The van der Waals surface area contributed by atoms with Crippen molar-refractivity contribution in [1.29, 1.82) is 0 Å². The maximum Gasteiger partial charge on any atom is 0.252 e. The highest BCUT2D eigenvalue weighted by Crippen LogP contribution is 2.47. The molecule has 0 saturated carbocycles. The van der Waals surface area contributed by atoms with E-state index in [2.05, 4.69) is 216 Å². The Labute approximate surface area is 339 Å². The van der Waals surface area contributed by atoms with Gasteiger partial charge in [0.1, 0.15) is 0 Å². The SMILES string of the molecule is C=Cc1ccc(-c2ccc3c(c2)N(c2ccc(C(C)(C)C)cc2)c2cc(-c4ccc(C=C)cc4)cc4c2B3c2ccccc2N4c2ccc(C(C)(C)C)cc2)cc1. The Kier molecular flexibility index (Phi) is 8.74. The van der Waals surface area contributed by atoms with Crippen LogP contribution in [-0.2, 0) is 10.8 Å². The summed E-state index contributed by atoms with van der Waals surface area (Å²) in [6, 6.07) is 56.9. The molecule has 0 bridgehead atoms. The van der Waals surface area contributed by atoms with E-state index < -0.39 is 0 Å². The molecular formula is C54H49BN2. The van der Waals surface area contributed by atoms with Gasteiger partial charge in [0.2, 0.25) is 0 Å². The standard InChI is InChI=1S/C54H49BN2/c1-9-36-15-19-38(20-16-36)40-23-32-47-49(33-40)57(45-30-26-43(27-31-45)54(6,7)8)51-35-41(39-21-17-37(10-2)18-22-39)34-50-52(51)55(47)46-13-11-12-14-48(46)56(50)44-28-24-42(25-29-44)53(3,4)5/h9-35H,1-2H2,3-8H3. The van der Waals surface area contributed by atoms with E-state index in [1.807, 2.05) is 12.2 Å². The molecule has 2 heterocycles. The van der Waals surface area contributed by atoms with E-state index in [0.29, 0.717) is 0 Å². The van der Waals surface area contributed by atoms with Gasteiger partial charge in [-0.1, -0.05) is 170 Å². The second-order valence-corrected chi connectivity index (χ2v) is 17.6. The first-order valence-corrected chi connectivity index (χ1v) is 20.1. The molecule has 7 aromatic carbocycles. The molecule has 278 valence electrons. The van der Waals surface area contributed by atoms with Crippen molar-refractivity contribution in [3.8, 4) is 22.3 Å². The zero-order valence-corrected chi connectivity index (χ0v) is 34.0. The Morgan fingerprint density at radius 3 is 1.33 bits per heavy atom. The molecule has 0 saturated heterocycles. The van der Waals surface area contributed by atoms with Crippen molar-refractivity contribution in [2.75, 3.05) is 9.80 Å². The molecule has 0 amide bonds. The maximum atomic E-state index is 4.03. The minimum atomic E-state index is 0.0331. The topological polar surface area (TPSA) is 6.48 Å². The van der Waals surface area contributed by atoms with Crippen LogP contribution in [0.5, 0.6) is 0 Å². The van der Waals surface area contributed by atoms with Gasteiger partial charge in [0.05, 0.1) is 0 Å². The third-order valence-electron chi connectivity index (χ3n) is 11.9. The van der Waals surface area contributed by atoms with Gasteiger partial charge in [-0.25, -0.2) is 0 Å². The van der Waals surface area contributed by atoms with Gasteiger partial charge in [-0.15, -0.1) is 0 Å². The monoisotopic (exact) mass is 736 g/mol. The molecule has 0 atom stereocenters. The van der Waals surface area contributed by atoms with E-state index in [4.69, 9.17) is 0 Å². The van der Waals surface area contributed by atoms with Crippen LogP contribution in [0.2, 0.25) is 0 Å². The van der Waals surface area contributed by atoms with Crippen LogP contribution in [0.4, 0.5) is 34.1 Å². The fraction of sp³-hybridized carbons (Fsp3) is 0.148. The van der Waals surface area contributed by atoms with Crippen molar-refractivity contribution in [1.82, 2.24) is 0 Å².